The summed E-state index contributed by atoms with van der Waals surface area (Å²) in [7, 11) is 0. The number of nitrogens with zero attached hydrogens (tertiary/aromatic N) is 1. The molecular weight excluding hydrogens is 310 g/mol. The SMILES string of the molecule is O=C(NC[C@H](c1ccccc1)N1CCCCC1)c1cc(Cl)c[nH]1. The Labute approximate surface area is 141 Å². The van der Waals surface area contributed by atoms with Gasteiger partial charge in [-0.25, -0.2) is 0 Å². The fraction of sp³-hybridized carbons (Fsp3) is 0.389. The largest absolute Gasteiger partial charge is 0.356 e. The van der Waals surface area contributed by atoms with Crippen molar-refractivity contribution in [1.82, 2.24) is 15.2 Å². The first-order valence-electron chi connectivity index (χ1n) is 8.15. The number of likely N-dealkylation sites (tertiary alicyclic amines) is 1. The first-order chi connectivity index (χ1) is 11.2. The third-order valence-corrected chi connectivity index (χ3v) is 4.58. The predicted molar refractivity (Wildman–Crippen MR) is 92.7 cm³/mol. The summed E-state index contributed by atoms with van der Waals surface area (Å²) < 4.78 is 0. The molecular formula is C18H22ClN3O. The number of halogens is 1. The number of carbonyl (C=O) groups excluding carboxylic acids is 1. The Balaban J connectivity index is 1.69. The van der Waals surface area contributed by atoms with Crippen LogP contribution in [-0.4, -0.2) is 35.4 Å². The summed E-state index contributed by atoms with van der Waals surface area (Å²) in [6.07, 6.45) is 5.37. The van der Waals surface area contributed by atoms with Gasteiger partial charge in [-0.15, -0.1) is 0 Å². The van der Waals surface area contributed by atoms with Crippen molar-refractivity contribution in [1.29, 1.82) is 0 Å². The third kappa shape index (κ3) is 4.15. The number of aromatic amines is 1. The number of H-pyrrole nitrogens is 1. The van der Waals surface area contributed by atoms with Gasteiger partial charge in [-0.2, -0.15) is 0 Å². The number of amides is 1. The lowest BCUT2D eigenvalue weighted by Crippen LogP contribution is -2.40. The molecule has 122 valence electrons. The molecule has 2 aromatic rings. The highest BCUT2D eigenvalue weighted by atomic mass is 35.5. The van der Waals surface area contributed by atoms with Crippen LogP contribution >= 0.6 is 11.6 Å². The highest BCUT2D eigenvalue weighted by Gasteiger charge is 2.23. The second-order valence-electron chi connectivity index (χ2n) is 5.96. The average molecular weight is 332 g/mol. The van der Waals surface area contributed by atoms with E-state index in [4.69, 9.17) is 11.6 Å². The molecule has 0 unspecified atom stereocenters. The molecule has 1 fully saturated rings. The number of piperidine rings is 1. The van der Waals surface area contributed by atoms with Crippen molar-refractivity contribution < 1.29 is 4.79 Å². The zero-order valence-corrected chi connectivity index (χ0v) is 13.9. The summed E-state index contributed by atoms with van der Waals surface area (Å²) in [5, 5.41) is 3.58. The van der Waals surface area contributed by atoms with Gasteiger partial charge in [0.1, 0.15) is 5.69 Å². The van der Waals surface area contributed by atoms with E-state index in [2.05, 4.69) is 39.5 Å². The van der Waals surface area contributed by atoms with Crippen LogP contribution in [0.3, 0.4) is 0 Å². The van der Waals surface area contributed by atoms with Crippen LogP contribution in [0.5, 0.6) is 0 Å². The second-order valence-corrected chi connectivity index (χ2v) is 6.40. The van der Waals surface area contributed by atoms with E-state index in [9.17, 15) is 4.79 Å². The first kappa shape index (κ1) is 16.1. The Hall–Kier alpha value is -1.78. The first-order valence-corrected chi connectivity index (χ1v) is 8.53. The maximum atomic E-state index is 12.3. The maximum Gasteiger partial charge on any atom is 0.267 e. The van der Waals surface area contributed by atoms with Crippen LogP contribution in [0, 0.1) is 0 Å². The lowest BCUT2D eigenvalue weighted by atomic mass is 10.0. The second kappa shape index (κ2) is 7.66. The van der Waals surface area contributed by atoms with E-state index in [1.165, 1.54) is 24.8 Å². The van der Waals surface area contributed by atoms with Crippen LogP contribution in [0.25, 0.3) is 0 Å². The monoisotopic (exact) mass is 331 g/mol. The van der Waals surface area contributed by atoms with Crippen LogP contribution < -0.4 is 5.32 Å². The van der Waals surface area contributed by atoms with E-state index in [1.54, 1.807) is 12.3 Å². The lowest BCUT2D eigenvalue weighted by molar-refractivity contribution is 0.0920. The highest BCUT2D eigenvalue weighted by molar-refractivity contribution is 6.30. The minimum absolute atomic E-state index is 0.116. The number of hydrogen-bond donors (Lipinski definition) is 2. The fourth-order valence-electron chi connectivity index (χ4n) is 3.15. The minimum atomic E-state index is -0.116. The van der Waals surface area contributed by atoms with Gasteiger partial charge in [-0.05, 0) is 37.6 Å². The number of rotatable bonds is 5. The number of aromatic nitrogens is 1. The molecule has 5 heteroatoms. The molecule has 0 bridgehead atoms. The maximum absolute atomic E-state index is 12.3. The van der Waals surface area contributed by atoms with Gasteiger partial charge < -0.3 is 10.3 Å². The minimum Gasteiger partial charge on any atom is -0.356 e. The molecule has 0 aliphatic carbocycles. The van der Waals surface area contributed by atoms with Crippen molar-refractivity contribution in [2.45, 2.75) is 25.3 Å². The van der Waals surface area contributed by atoms with Crippen LogP contribution in [0.2, 0.25) is 5.02 Å². The van der Waals surface area contributed by atoms with E-state index in [0.717, 1.165) is 13.1 Å². The Morgan fingerprint density at radius 1 is 1.22 bits per heavy atom. The Morgan fingerprint density at radius 2 is 1.96 bits per heavy atom. The molecule has 2 heterocycles. The highest BCUT2D eigenvalue weighted by Crippen LogP contribution is 2.24. The van der Waals surface area contributed by atoms with Gasteiger partial charge in [0.15, 0.2) is 0 Å². The quantitative estimate of drug-likeness (QED) is 0.879. The number of hydrogen-bond acceptors (Lipinski definition) is 2. The molecule has 1 aromatic carbocycles. The molecule has 1 saturated heterocycles. The zero-order valence-electron chi connectivity index (χ0n) is 13.1. The van der Waals surface area contributed by atoms with Crippen LogP contribution in [0.1, 0.15) is 41.4 Å². The molecule has 23 heavy (non-hydrogen) atoms. The summed E-state index contributed by atoms with van der Waals surface area (Å²) in [6.45, 7) is 2.77. The van der Waals surface area contributed by atoms with Crippen molar-refractivity contribution >= 4 is 17.5 Å². The zero-order chi connectivity index (χ0) is 16.1. The molecule has 0 saturated carbocycles. The third-order valence-electron chi connectivity index (χ3n) is 4.36. The summed E-state index contributed by atoms with van der Waals surface area (Å²) in [6, 6.07) is 12.3. The Morgan fingerprint density at radius 3 is 2.61 bits per heavy atom. The number of nitrogens with one attached hydrogen (secondary N) is 2. The summed E-state index contributed by atoms with van der Waals surface area (Å²) in [5.41, 5.74) is 1.75. The van der Waals surface area contributed by atoms with Crippen molar-refractivity contribution in [3.8, 4) is 0 Å². The smallest absolute Gasteiger partial charge is 0.267 e. The van der Waals surface area contributed by atoms with Gasteiger partial charge >= 0.3 is 0 Å². The molecule has 1 atom stereocenters. The molecule has 1 amide bonds. The Kier molecular flexibility index (Phi) is 5.36. The van der Waals surface area contributed by atoms with Gasteiger partial charge in [-0.1, -0.05) is 48.4 Å². The molecule has 1 aliphatic rings. The van der Waals surface area contributed by atoms with E-state index in [1.807, 2.05) is 6.07 Å². The summed E-state index contributed by atoms with van der Waals surface area (Å²) in [4.78, 5) is 17.6. The van der Waals surface area contributed by atoms with Crippen molar-refractivity contribution in [2.75, 3.05) is 19.6 Å². The van der Waals surface area contributed by atoms with Crippen LogP contribution in [-0.2, 0) is 0 Å². The fourth-order valence-corrected chi connectivity index (χ4v) is 3.31. The topological polar surface area (TPSA) is 48.1 Å². The molecule has 1 aromatic heterocycles. The number of carbonyl (C=O) groups is 1. The van der Waals surface area contributed by atoms with Crippen molar-refractivity contribution in [2.24, 2.45) is 0 Å². The lowest BCUT2D eigenvalue weighted by Gasteiger charge is -2.35. The molecule has 4 nitrogen and oxygen atoms in total. The van der Waals surface area contributed by atoms with Crippen molar-refractivity contribution in [3.05, 3.63) is 58.9 Å². The van der Waals surface area contributed by atoms with Crippen LogP contribution in [0.15, 0.2) is 42.6 Å². The van der Waals surface area contributed by atoms with Gasteiger partial charge in [0.05, 0.1) is 11.1 Å². The van der Waals surface area contributed by atoms with E-state index in [-0.39, 0.29) is 11.9 Å². The summed E-state index contributed by atoms with van der Waals surface area (Å²) in [5.74, 6) is -0.116. The van der Waals surface area contributed by atoms with Crippen LogP contribution in [0.4, 0.5) is 0 Å². The van der Waals surface area contributed by atoms with E-state index in [0.29, 0.717) is 17.3 Å². The summed E-state index contributed by atoms with van der Waals surface area (Å²) >= 11 is 5.87. The molecule has 3 rings (SSSR count). The normalized spacial score (nSPS) is 16.9. The average Bonchev–Trinajstić information content (AvgIpc) is 3.03. The van der Waals surface area contributed by atoms with E-state index < -0.39 is 0 Å². The van der Waals surface area contributed by atoms with Gasteiger partial charge in [0, 0.05) is 12.7 Å². The number of benzene rings is 1. The molecule has 0 radical (unpaired) electrons. The van der Waals surface area contributed by atoms with Gasteiger partial charge in [0.2, 0.25) is 0 Å². The predicted octanol–water partition coefficient (Wildman–Crippen LogP) is 3.63. The van der Waals surface area contributed by atoms with Crippen molar-refractivity contribution in [3.63, 3.8) is 0 Å². The van der Waals surface area contributed by atoms with E-state index >= 15 is 0 Å². The Bertz CT molecular complexity index is 635. The standard InChI is InChI=1S/C18H22ClN3O/c19-15-11-16(20-12-15)18(23)21-13-17(14-7-3-1-4-8-14)22-9-5-2-6-10-22/h1,3-4,7-8,11-12,17,20H,2,5-6,9-10,13H2,(H,21,23)/t17-/m1/s1. The molecule has 2 N–H and O–H groups in total. The van der Waals surface area contributed by atoms with Gasteiger partial charge in [0.25, 0.3) is 5.91 Å². The molecule has 1 aliphatic heterocycles. The van der Waals surface area contributed by atoms with Gasteiger partial charge in [-0.3, -0.25) is 9.69 Å². The molecule has 0 spiro atoms.